The molecule has 1 aliphatic heterocycles. The molecule has 1 N–H and O–H groups in total. The van der Waals surface area contributed by atoms with E-state index in [9.17, 15) is 4.79 Å². The summed E-state index contributed by atoms with van der Waals surface area (Å²) in [6.45, 7) is 1.29. The third-order valence-electron chi connectivity index (χ3n) is 4.44. The highest BCUT2D eigenvalue weighted by molar-refractivity contribution is 6.30. The van der Waals surface area contributed by atoms with E-state index < -0.39 is 0 Å². The van der Waals surface area contributed by atoms with Crippen LogP contribution in [0, 0.1) is 0 Å². The molecular formula is C20H17ClN2O2. The quantitative estimate of drug-likeness (QED) is 0.773. The summed E-state index contributed by atoms with van der Waals surface area (Å²) in [5.74, 6) is -0.0729. The second kappa shape index (κ2) is 6.82. The molecule has 1 aliphatic rings. The van der Waals surface area contributed by atoms with Crippen molar-refractivity contribution in [3.63, 3.8) is 0 Å². The van der Waals surface area contributed by atoms with Crippen molar-refractivity contribution in [3.05, 3.63) is 65.4 Å². The van der Waals surface area contributed by atoms with E-state index in [4.69, 9.17) is 16.3 Å². The summed E-state index contributed by atoms with van der Waals surface area (Å²) in [5, 5.41) is 5.71. The number of fused-ring (bicyclic) bond motifs is 1. The molecule has 3 aromatic rings. The topological polar surface area (TPSA) is 51.2 Å². The molecule has 0 spiro atoms. The van der Waals surface area contributed by atoms with Crippen molar-refractivity contribution in [1.82, 2.24) is 10.3 Å². The summed E-state index contributed by atoms with van der Waals surface area (Å²) in [5.41, 5.74) is 2.64. The fraction of sp³-hybridized carbons (Fsp3) is 0.200. The number of carbonyl (C=O) groups is 1. The Bertz CT molecular complexity index is 919. The number of aromatic nitrogens is 1. The number of carbonyl (C=O) groups excluding carboxylic acids is 1. The van der Waals surface area contributed by atoms with E-state index in [0.29, 0.717) is 23.8 Å². The number of rotatable bonds is 3. The number of halogens is 1. The van der Waals surface area contributed by atoms with Crippen LogP contribution in [0.25, 0.3) is 21.9 Å². The van der Waals surface area contributed by atoms with E-state index in [1.807, 2.05) is 48.7 Å². The average molecular weight is 353 g/mol. The van der Waals surface area contributed by atoms with E-state index in [-0.39, 0.29) is 11.9 Å². The predicted octanol–water partition coefficient (Wildman–Crippen LogP) is 4.07. The van der Waals surface area contributed by atoms with E-state index >= 15 is 0 Å². The molecule has 0 saturated carbocycles. The van der Waals surface area contributed by atoms with Crippen molar-refractivity contribution in [2.24, 2.45) is 0 Å². The van der Waals surface area contributed by atoms with Gasteiger partial charge >= 0.3 is 0 Å². The molecule has 1 atom stereocenters. The van der Waals surface area contributed by atoms with Gasteiger partial charge in [0.15, 0.2) is 0 Å². The molecule has 2 aromatic carbocycles. The lowest BCUT2D eigenvalue weighted by molar-refractivity contribution is 0.0930. The highest BCUT2D eigenvalue weighted by Crippen LogP contribution is 2.29. The monoisotopic (exact) mass is 352 g/mol. The van der Waals surface area contributed by atoms with Crippen LogP contribution in [0.1, 0.15) is 16.8 Å². The third-order valence-corrected chi connectivity index (χ3v) is 4.70. The maximum absolute atomic E-state index is 12.5. The van der Waals surface area contributed by atoms with Crippen LogP contribution in [0.5, 0.6) is 0 Å². The summed E-state index contributed by atoms with van der Waals surface area (Å²) < 4.78 is 5.32. The van der Waals surface area contributed by atoms with Gasteiger partial charge in [-0.3, -0.25) is 9.78 Å². The van der Waals surface area contributed by atoms with Gasteiger partial charge in [-0.15, -0.1) is 0 Å². The van der Waals surface area contributed by atoms with Gasteiger partial charge in [-0.25, -0.2) is 0 Å². The Labute approximate surface area is 150 Å². The summed E-state index contributed by atoms with van der Waals surface area (Å²) in [6, 6.07) is 13.4. The highest BCUT2D eigenvalue weighted by Gasteiger charge is 2.19. The molecule has 126 valence electrons. The van der Waals surface area contributed by atoms with E-state index in [1.54, 1.807) is 6.20 Å². The minimum absolute atomic E-state index is 0.0729. The zero-order valence-electron chi connectivity index (χ0n) is 13.5. The second-order valence-corrected chi connectivity index (χ2v) is 6.60. The molecule has 1 saturated heterocycles. The molecule has 4 rings (SSSR count). The van der Waals surface area contributed by atoms with Gasteiger partial charge in [0.2, 0.25) is 0 Å². The zero-order chi connectivity index (χ0) is 17.2. The first-order valence-corrected chi connectivity index (χ1v) is 8.61. The number of benzene rings is 2. The van der Waals surface area contributed by atoms with Crippen LogP contribution in [-0.2, 0) is 4.74 Å². The fourth-order valence-electron chi connectivity index (χ4n) is 3.08. The number of nitrogens with zero attached hydrogens (tertiary/aromatic N) is 1. The maximum Gasteiger partial charge on any atom is 0.251 e. The first-order chi connectivity index (χ1) is 12.2. The number of hydrogen-bond acceptors (Lipinski definition) is 3. The first-order valence-electron chi connectivity index (χ1n) is 8.23. The van der Waals surface area contributed by atoms with E-state index in [2.05, 4.69) is 10.3 Å². The minimum atomic E-state index is -0.0729. The van der Waals surface area contributed by atoms with Crippen LogP contribution in [-0.4, -0.2) is 30.1 Å². The van der Waals surface area contributed by atoms with Crippen LogP contribution in [0.3, 0.4) is 0 Å². The molecule has 1 unspecified atom stereocenters. The average Bonchev–Trinajstić information content (AvgIpc) is 3.14. The number of ether oxygens (including phenoxy) is 1. The van der Waals surface area contributed by atoms with Gasteiger partial charge in [-0.1, -0.05) is 29.8 Å². The Hall–Kier alpha value is -2.43. The second-order valence-electron chi connectivity index (χ2n) is 6.16. The zero-order valence-corrected chi connectivity index (χ0v) is 14.3. The number of amides is 1. The predicted molar refractivity (Wildman–Crippen MR) is 98.9 cm³/mol. The highest BCUT2D eigenvalue weighted by atomic mass is 35.5. The van der Waals surface area contributed by atoms with Crippen LogP contribution in [0.2, 0.25) is 5.02 Å². The maximum atomic E-state index is 12.5. The van der Waals surface area contributed by atoms with Crippen molar-refractivity contribution in [2.75, 3.05) is 13.2 Å². The standard InChI is InChI=1S/C20H17ClN2O2/c21-16-5-3-13(4-6-16)19-11-22-10-15-2-1-14(9-18(15)19)20(24)23-17-7-8-25-12-17/h1-6,9-11,17H,7-8,12H2,(H,23,24). The number of nitrogens with one attached hydrogen (secondary N) is 1. The normalized spacial score (nSPS) is 16.9. The molecule has 25 heavy (non-hydrogen) atoms. The molecule has 1 fully saturated rings. The summed E-state index contributed by atoms with van der Waals surface area (Å²) in [4.78, 5) is 16.9. The van der Waals surface area contributed by atoms with Gasteiger partial charge in [0.25, 0.3) is 5.91 Å². The minimum Gasteiger partial charge on any atom is -0.379 e. The Balaban J connectivity index is 1.72. The number of pyridine rings is 1. The molecule has 0 radical (unpaired) electrons. The van der Waals surface area contributed by atoms with Gasteiger partial charge in [0, 0.05) is 40.5 Å². The summed E-state index contributed by atoms with van der Waals surface area (Å²) >= 11 is 5.99. The van der Waals surface area contributed by atoms with Gasteiger partial charge in [-0.2, -0.15) is 0 Å². The molecule has 1 aromatic heterocycles. The van der Waals surface area contributed by atoms with E-state index in [0.717, 1.165) is 28.3 Å². The SMILES string of the molecule is O=C(NC1CCOC1)c1ccc2cncc(-c3ccc(Cl)cc3)c2c1. The fourth-order valence-corrected chi connectivity index (χ4v) is 3.21. The Morgan fingerprint density at radius 1 is 1.16 bits per heavy atom. The molecule has 0 bridgehead atoms. The van der Waals surface area contributed by atoms with Crippen molar-refractivity contribution >= 4 is 28.3 Å². The molecular weight excluding hydrogens is 336 g/mol. The van der Waals surface area contributed by atoms with Crippen LogP contribution < -0.4 is 5.32 Å². The molecule has 0 aliphatic carbocycles. The largest absolute Gasteiger partial charge is 0.379 e. The van der Waals surface area contributed by atoms with Gasteiger partial charge in [0.05, 0.1) is 12.6 Å². The Morgan fingerprint density at radius 2 is 2.00 bits per heavy atom. The third kappa shape index (κ3) is 3.36. The molecule has 1 amide bonds. The Morgan fingerprint density at radius 3 is 2.76 bits per heavy atom. The lowest BCUT2D eigenvalue weighted by Crippen LogP contribution is -2.34. The van der Waals surface area contributed by atoms with Gasteiger partial charge < -0.3 is 10.1 Å². The summed E-state index contributed by atoms with van der Waals surface area (Å²) in [7, 11) is 0. The van der Waals surface area contributed by atoms with Crippen molar-refractivity contribution < 1.29 is 9.53 Å². The van der Waals surface area contributed by atoms with Crippen LogP contribution in [0.15, 0.2) is 54.9 Å². The van der Waals surface area contributed by atoms with Crippen molar-refractivity contribution in [3.8, 4) is 11.1 Å². The molecule has 2 heterocycles. The summed E-state index contributed by atoms with van der Waals surface area (Å²) in [6.07, 6.45) is 4.48. The van der Waals surface area contributed by atoms with Crippen molar-refractivity contribution in [2.45, 2.75) is 12.5 Å². The van der Waals surface area contributed by atoms with Crippen molar-refractivity contribution in [1.29, 1.82) is 0 Å². The van der Waals surface area contributed by atoms with E-state index in [1.165, 1.54) is 0 Å². The van der Waals surface area contributed by atoms with Crippen LogP contribution >= 0.6 is 11.6 Å². The van der Waals surface area contributed by atoms with Gasteiger partial charge in [0.1, 0.15) is 0 Å². The van der Waals surface area contributed by atoms with Gasteiger partial charge in [-0.05, 0) is 41.6 Å². The Kier molecular flexibility index (Phi) is 4.38. The molecule has 4 nitrogen and oxygen atoms in total. The van der Waals surface area contributed by atoms with Crippen LogP contribution in [0.4, 0.5) is 0 Å². The lowest BCUT2D eigenvalue weighted by atomic mass is 9.99. The number of hydrogen-bond donors (Lipinski definition) is 1. The molecule has 5 heteroatoms. The lowest BCUT2D eigenvalue weighted by Gasteiger charge is -2.12. The smallest absolute Gasteiger partial charge is 0.251 e. The first kappa shape index (κ1) is 16.1.